The number of amides is 1. The van der Waals surface area contributed by atoms with E-state index < -0.39 is 10.0 Å². The van der Waals surface area contributed by atoms with Gasteiger partial charge in [0.25, 0.3) is 5.91 Å². The van der Waals surface area contributed by atoms with Crippen molar-refractivity contribution in [2.24, 2.45) is 0 Å². The highest BCUT2D eigenvalue weighted by molar-refractivity contribution is 7.92. The molecule has 0 spiro atoms. The first kappa shape index (κ1) is 17.8. The number of likely N-dealkylation sites (tertiary alicyclic amines) is 1. The topological polar surface area (TPSA) is 66.5 Å². The molecule has 1 fully saturated rings. The van der Waals surface area contributed by atoms with Crippen molar-refractivity contribution in [1.29, 1.82) is 0 Å². The molecule has 23 heavy (non-hydrogen) atoms. The molecule has 0 saturated carbocycles. The Kier molecular flexibility index (Phi) is 6.04. The Balaban J connectivity index is 2.17. The summed E-state index contributed by atoms with van der Waals surface area (Å²) in [4.78, 5) is 14.7. The van der Waals surface area contributed by atoms with Crippen molar-refractivity contribution in [2.75, 3.05) is 17.0 Å². The zero-order valence-electron chi connectivity index (χ0n) is 13.9. The quantitative estimate of drug-likeness (QED) is 0.866. The molecular formula is C17H26N2O3S. The number of anilines is 1. The Bertz CT molecular complexity index is 643. The van der Waals surface area contributed by atoms with Gasteiger partial charge in [0, 0.05) is 23.8 Å². The van der Waals surface area contributed by atoms with E-state index in [4.69, 9.17) is 0 Å². The number of rotatable bonds is 6. The fourth-order valence-corrected chi connectivity index (χ4v) is 4.20. The second-order valence-corrected chi connectivity index (χ2v) is 7.90. The molecule has 1 amide bonds. The van der Waals surface area contributed by atoms with Gasteiger partial charge >= 0.3 is 0 Å². The van der Waals surface area contributed by atoms with Crippen LogP contribution in [0.5, 0.6) is 0 Å². The number of nitrogens with zero attached hydrogens (tertiary/aromatic N) is 1. The third kappa shape index (κ3) is 4.70. The second kappa shape index (κ2) is 7.81. The fourth-order valence-electron chi connectivity index (χ4n) is 3.07. The van der Waals surface area contributed by atoms with Crippen molar-refractivity contribution in [1.82, 2.24) is 4.90 Å². The minimum atomic E-state index is -3.34. The Morgan fingerprint density at radius 3 is 2.78 bits per heavy atom. The van der Waals surface area contributed by atoms with Gasteiger partial charge in [0.15, 0.2) is 0 Å². The van der Waals surface area contributed by atoms with Crippen LogP contribution in [0.3, 0.4) is 0 Å². The minimum Gasteiger partial charge on any atom is -0.336 e. The summed E-state index contributed by atoms with van der Waals surface area (Å²) < 4.78 is 26.3. The Morgan fingerprint density at radius 2 is 2.09 bits per heavy atom. The molecule has 1 saturated heterocycles. The molecule has 0 radical (unpaired) electrons. The highest BCUT2D eigenvalue weighted by Crippen LogP contribution is 2.23. The van der Waals surface area contributed by atoms with E-state index in [1.807, 2.05) is 11.8 Å². The lowest BCUT2D eigenvalue weighted by Gasteiger charge is -2.35. The van der Waals surface area contributed by atoms with E-state index in [1.165, 1.54) is 6.42 Å². The molecule has 2 rings (SSSR count). The third-order valence-corrected chi connectivity index (χ3v) is 5.71. The number of carbonyl (C=O) groups excluding carboxylic acids is 1. The largest absolute Gasteiger partial charge is 0.336 e. The molecule has 1 N–H and O–H groups in total. The SMILES string of the molecule is CCCS(=O)(=O)Nc1cccc(C(=O)N2CCCCC2CC)c1. The summed E-state index contributed by atoms with van der Waals surface area (Å²) in [7, 11) is -3.34. The number of carbonyl (C=O) groups is 1. The molecule has 1 atom stereocenters. The van der Waals surface area contributed by atoms with E-state index in [1.54, 1.807) is 24.3 Å². The predicted molar refractivity (Wildman–Crippen MR) is 93.1 cm³/mol. The van der Waals surface area contributed by atoms with E-state index in [0.29, 0.717) is 17.7 Å². The smallest absolute Gasteiger partial charge is 0.254 e. The van der Waals surface area contributed by atoms with Crippen LogP contribution in [0.2, 0.25) is 0 Å². The molecule has 0 aromatic heterocycles. The monoisotopic (exact) mass is 338 g/mol. The van der Waals surface area contributed by atoms with Gasteiger partial charge in [0.1, 0.15) is 0 Å². The molecule has 1 aromatic carbocycles. The molecule has 0 aliphatic carbocycles. The lowest BCUT2D eigenvalue weighted by Crippen LogP contribution is -2.43. The van der Waals surface area contributed by atoms with Crippen molar-refractivity contribution in [3.05, 3.63) is 29.8 Å². The molecular weight excluding hydrogens is 312 g/mol. The molecule has 128 valence electrons. The minimum absolute atomic E-state index is 0.00640. The summed E-state index contributed by atoms with van der Waals surface area (Å²) in [6.45, 7) is 4.70. The van der Waals surface area contributed by atoms with Crippen LogP contribution >= 0.6 is 0 Å². The van der Waals surface area contributed by atoms with Crippen LogP contribution in [0, 0.1) is 0 Å². The van der Waals surface area contributed by atoms with Crippen LogP contribution in [0.25, 0.3) is 0 Å². The van der Waals surface area contributed by atoms with Gasteiger partial charge in [-0.1, -0.05) is 19.9 Å². The first-order valence-corrected chi connectivity index (χ1v) is 10.0. The number of sulfonamides is 1. The van der Waals surface area contributed by atoms with E-state index >= 15 is 0 Å². The zero-order chi connectivity index (χ0) is 16.9. The van der Waals surface area contributed by atoms with Gasteiger partial charge in [-0.15, -0.1) is 0 Å². The maximum Gasteiger partial charge on any atom is 0.254 e. The molecule has 1 heterocycles. The highest BCUT2D eigenvalue weighted by Gasteiger charge is 2.26. The van der Waals surface area contributed by atoms with Crippen LogP contribution in [-0.2, 0) is 10.0 Å². The van der Waals surface area contributed by atoms with Gasteiger partial charge in [-0.25, -0.2) is 8.42 Å². The molecule has 1 unspecified atom stereocenters. The standard InChI is InChI=1S/C17H26N2O3S/c1-3-12-23(21,22)18-15-9-7-8-14(13-15)17(20)19-11-6-5-10-16(19)4-2/h7-9,13,16,18H,3-6,10-12H2,1-2H3. The molecule has 1 aliphatic heterocycles. The van der Waals surface area contributed by atoms with Crippen molar-refractivity contribution < 1.29 is 13.2 Å². The predicted octanol–water partition coefficient (Wildman–Crippen LogP) is 3.24. The van der Waals surface area contributed by atoms with E-state index in [9.17, 15) is 13.2 Å². The summed E-state index contributed by atoms with van der Waals surface area (Å²) in [6, 6.07) is 7.08. The summed E-state index contributed by atoms with van der Waals surface area (Å²) in [5.74, 6) is 0.0722. The van der Waals surface area contributed by atoms with Crippen molar-refractivity contribution >= 4 is 21.6 Å². The Hall–Kier alpha value is -1.56. The number of hydrogen-bond donors (Lipinski definition) is 1. The van der Waals surface area contributed by atoms with E-state index in [0.717, 1.165) is 25.8 Å². The lowest BCUT2D eigenvalue weighted by atomic mass is 9.99. The second-order valence-electron chi connectivity index (χ2n) is 6.06. The molecule has 1 aliphatic rings. The lowest BCUT2D eigenvalue weighted by molar-refractivity contribution is 0.0608. The maximum absolute atomic E-state index is 12.8. The Morgan fingerprint density at radius 1 is 1.30 bits per heavy atom. The molecule has 1 aromatic rings. The van der Waals surface area contributed by atoms with Crippen LogP contribution in [0.1, 0.15) is 56.3 Å². The fraction of sp³-hybridized carbons (Fsp3) is 0.588. The molecule has 0 bridgehead atoms. The summed E-state index contributed by atoms with van der Waals surface area (Å²) in [5, 5.41) is 0. The van der Waals surface area contributed by atoms with E-state index in [2.05, 4.69) is 11.6 Å². The van der Waals surface area contributed by atoms with Crippen LogP contribution in [0.4, 0.5) is 5.69 Å². The first-order valence-electron chi connectivity index (χ1n) is 8.38. The average Bonchev–Trinajstić information content (AvgIpc) is 2.53. The number of nitrogens with one attached hydrogen (secondary N) is 1. The Labute approximate surface area is 139 Å². The van der Waals surface area contributed by atoms with Crippen molar-refractivity contribution in [3.63, 3.8) is 0 Å². The molecule has 6 heteroatoms. The van der Waals surface area contributed by atoms with Gasteiger partial charge in [-0.3, -0.25) is 9.52 Å². The number of benzene rings is 1. The van der Waals surface area contributed by atoms with Crippen LogP contribution in [-0.4, -0.2) is 37.6 Å². The van der Waals surface area contributed by atoms with Gasteiger partial charge in [-0.05, 0) is 50.3 Å². The number of hydrogen-bond acceptors (Lipinski definition) is 3. The number of piperidine rings is 1. The zero-order valence-corrected chi connectivity index (χ0v) is 14.7. The van der Waals surface area contributed by atoms with Crippen LogP contribution < -0.4 is 4.72 Å². The highest BCUT2D eigenvalue weighted by atomic mass is 32.2. The summed E-state index contributed by atoms with van der Waals surface area (Å²) in [6.07, 6.45) is 4.75. The van der Waals surface area contributed by atoms with E-state index in [-0.39, 0.29) is 17.7 Å². The van der Waals surface area contributed by atoms with Gasteiger partial charge in [0.05, 0.1) is 5.75 Å². The third-order valence-electron chi connectivity index (χ3n) is 4.21. The first-order chi connectivity index (χ1) is 11.0. The van der Waals surface area contributed by atoms with Crippen LogP contribution in [0.15, 0.2) is 24.3 Å². The summed E-state index contributed by atoms with van der Waals surface area (Å²) in [5.41, 5.74) is 0.997. The maximum atomic E-state index is 12.8. The van der Waals surface area contributed by atoms with Gasteiger partial charge in [0.2, 0.25) is 10.0 Å². The van der Waals surface area contributed by atoms with Gasteiger partial charge in [-0.2, -0.15) is 0 Å². The van der Waals surface area contributed by atoms with Gasteiger partial charge < -0.3 is 4.90 Å². The normalized spacial score (nSPS) is 18.7. The average molecular weight is 338 g/mol. The summed E-state index contributed by atoms with van der Waals surface area (Å²) >= 11 is 0. The molecule has 5 nitrogen and oxygen atoms in total. The van der Waals surface area contributed by atoms with Crippen molar-refractivity contribution in [3.8, 4) is 0 Å². The van der Waals surface area contributed by atoms with Crippen molar-refractivity contribution in [2.45, 2.75) is 52.0 Å².